The molecule has 3 aromatic rings. The van der Waals surface area contributed by atoms with Gasteiger partial charge >= 0.3 is 0 Å². The normalized spacial score (nSPS) is 13.7. The van der Waals surface area contributed by atoms with Gasteiger partial charge in [0.25, 0.3) is 5.91 Å². The van der Waals surface area contributed by atoms with Gasteiger partial charge in [0.2, 0.25) is 5.88 Å². The van der Waals surface area contributed by atoms with Crippen molar-refractivity contribution >= 4 is 23.2 Å². The summed E-state index contributed by atoms with van der Waals surface area (Å²) in [6, 6.07) is 12.8. The molecular formula is C22H23FN6O2. The molecule has 8 nitrogen and oxygen atoms in total. The molecule has 1 amide bonds. The highest BCUT2D eigenvalue weighted by molar-refractivity contribution is 6.04. The largest absolute Gasteiger partial charge is 0.475 e. The van der Waals surface area contributed by atoms with E-state index in [1.165, 1.54) is 12.3 Å². The van der Waals surface area contributed by atoms with Gasteiger partial charge in [-0.25, -0.2) is 19.3 Å². The Balaban J connectivity index is 1.31. The number of carbonyl (C=O) groups excluding carboxylic acids is 1. The Bertz CT molecular complexity index is 977. The zero-order valence-corrected chi connectivity index (χ0v) is 16.9. The summed E-state index contributed by atoms with van der Waals surface area (Å²) in [5.74, 6) is 1.84. The SMILES string of the molecule is O=C(Nc1ccc(N2CCN(c3ccccn3)CC2)nc1)c1ccc(OCCF)nc1. The van der Waals surface area contributed by atoms with Crippen molar-refractivity contribution in [1.82, 2.24) is 15.0 Å². The molecule has 1 aliphatic heterocycles. The van der Waals surface area contributed by atoms with Gasteiger partial charge in [0.1, 0.15) is 24.9 Å². The molecule has 4 rings (SSSR count). The first kappa shape index (κ1) is 20.5. The Labute approximate surface area is 179 Å². The Morgan fingerprint density at radius 3 is 2.29 bits per heavy atom. The van der Waals surface area contributed by atoms with Crippen LogP contribution in [-0.4, -0.2) is 60.3 Å². The topological polar surface area (TPSA) is 83.5 Å². The summed E-state index contributed by atoms with van der Waals surface area (Å²) in [5, 5.41) is 2.80. The van der Waals surface area contributed by atoms with Crippen LogP contribution in [0.4, 0.5) is 21.7 Å². The molecule has 1 N–H and O–H groups in total. The molecule has 4 heterocycles. The molecule has 1 aliphatic rings. The standard InChI is InChI=1S/C22H23FN6O2/c23-8-14-31-21-7-4-17(15-26-21)22(30)27-18-5-6-20(25-16-18)29-12-10-28(11-13-29)19-3-1-2-9-24-19/h1-7,9,15-16H,8,10-14H2,(H,27,30). The number of nitrogens with zero attached hydrogens (tertiary/aromatic N) is 5. The molecule has 0 radical (unpaired) electrons. The first-order valence-corrected chi connectivity index (χ1v) is 10.1. The van der Waals surface area contributed by atoms with Crippen LogP contribution >= 0.6 is 0 Å². The van der Waals surface area contributed by atoms with Gasteiger partial charge in [-0.2, -0.15) is 0 Å². The predicted octanol–water partition coefficient (Wildman–Crippen LogP) is 2.80. The van der Waals surface area contributed by atoms with Gasteiger partial charge in [0.15, 0.2) is 0 Å². The van der Waals surface area contributed by atoms with E-state index in [0.29, 0.717) is 11.3 Å². The predicted molar refractivity (Wildman–Crippen MR) is 117 cm³/mol. The molecule has 0 aromatic carbocycles. The lowest BCUT2D eigenvalue weighted by molar-refractivity contribution is 0.102. The lowest BCUT2D eigenvalue weighted by Gasteiger charge is -2.36. The van der Waals surface area contributed by atoms with Crippen LogP contribution in [0.5, 0.6) is 5.88 Å². The second-order valence-corrected chi connectivity index (χ2v) is 6.94. The van der Waals surface area contributed by atoms with Crippen LogP contribution in [0, 0.1) is 0 Å². The number of ether oxygens (including phenoxy) is 1. The number of anilines is 3. The fraction of sp³-hybridized carbons (Fsp3) is 0.273. The van der Waals surface area contributed by atoms with E-state index in [1.54, 1.807) is 18.5 Å². The van der Waals surface area contributed by atoms with E-state index in [2.05, 4.69) is 30.1 Å². The number of piperazine rings is 1. The third kappa shape index (κ3) is 5.25. The van der Waals surface area contributed by atoms with E-state index in [4.69, 9.17) is 4.74 Å². The summed E-state index contributed by atoms with van der Waals surface area (Å²) >= 11 is 0. The molecule has 0 unspecified atom stereocenters. The average molecular weight is 422 g/mol. The minimum Gasteiger partial charge on any atom is -0.475 e. The smallest absolute Gasteiger partial charge is 0.257 e. The van der Waals surface area contributed by atoms with Crippen molar-refractivity contribution in [2.75, 3.05) is 54.6 Å². The van der Waals surface area contributed by atoms with Crippen LogP contribution < -0.4 is 19.9 Å². The first-order valence-electron chi connectivity index (χ1n) is 10.1. The molecule has 160 valence electrons. The van der Waals surface area contributed by atoms with Crippen LogP contribution in [0.2, 0.25) is 0 Å². The zero-order valence-electron chi connectivity index (χ0n) is 16.9. The lowest BCUT2D eigenvalue weighted by atomic mass is 10.2. The number of hydrogen-bond acceptors (Lipinski definition) is 7. The number of alkyl halides is 1. The number of rotatable bonds is 7. The van der Waals surface area contributed by atoms with E-state index in [-0.39, 0.29) is 18.4 Å². The Morgan fingerprint density at radius 1 is 0.935 bits per heavy atom. The van der Waals surface area contributed by atoms with Gasteiger partial charge < -0.3 is 19.9 Å². The van der Waals surface area contributed by atoms with Crippen molar-refractivity contribution < 1.29 is 13.9 Å². The summed E-state index contributed by atoms with van der Waals surface area (Å²) in [6.45, 7) is 2.78. The average Bonchev–Trinajstić information content (AvgIpc) is 2.84. The second-order valence-electron chi connectivity index (χ2n) is 6.94. The summed E-state index contributed by atoms with van der Waals surface area (Å²) in [7, 11) is 0. The summed E-state index contributed by atoms with van der Waals surface area (Å²) in [4.78, 5) is 29.8. The van der Waals surface area contributed by atoms with E-state index in [1.807, 2.05) is 30.3 Å². The number of amides is 1. The first-order chi connectivity index (χ1) is 15.2. The molecular weight excluding hydrogens is 399 g/mol. The second kappa shape index (κ2) is 9.84. The van der Waals surface area contributed by atoms with Crippen LogP contribution in [0.15, 0.2) is 61.1 Å². The maximum Gasteiger partial charge on any atom is 0.257 e. The van der Waals surface area contributed by atoms with Gasteiger partial charge in [-0.05, 0) is 30.3 Å². The van der Waals surface area contributed by atoms with Gasteiger partial charge in [-0.3, -0.25) is 4.79 Å². The van der Waals surface area contributed by atoms with E-state index in [0.717, 1.165) is 37.8 Å². The van der Waals surface area contributed by atoms with Crippen molar-refractivity contribution in [2.24, 2.45) is 0 Å². The van der Waals surface area contributed by atoms with Crippen molar-refractivity contribution in [3.05, 3.63) is 66.6 Å². The fourth-order valence-corrected chi connectivity index (χ4v) is 3.30. The van der Waals surface area contributed by atoms with Gasteiger partial charge in [-0.15, -0.1) is 0 Å². The number of aromatic nitrogens is 3. The molecule has 0 atom stereocenters. The molecule has 9 heteroatoms. The van der Waals surface area contributed by atoms with Crippen molar-refractivity contribution in [3.8, 4) is 5.88 Å². The van der Waals surface area contributed by atoms with E-state index in [9.17, 15) is 9.18 Å². The number of nitrogens with one attached hydrogen (secondary N) is 1. The number of hydrogen-bond donors (Lipinski definition) is 1. The van der Waals surface area contributed by atoms with Crippen molar-refractivity contribution in [2.45, 2.75) is 0 Å². The molecule has 1 saturated heterocycles. The quantitative estimate of drug-likeness (QED) is 0.627. The maximum atomic E-state index is 12.4. The monoisotopic (exact) mass is 422 g/mol. The molecule has 0 saturated carbocycles. The Kier molecular flexibility index (Phi) is 6.51. The van der Waals surface area contributed by atoms with Gasteiger partial charge in [-0.1, -0.05) is 6.07 Å². The van der Waals surface area contributed by atoms with Crippen LogP contribution in [0.3, 0.4) is 0 Å². The highest BCUT2D eigenvalue weighted by Gasteiger charge is 2.19. The van der Waals surface area contributed by atoms with Crippen LogP contribution in [-0.2, 0) is 0 Å². The zero-order chi connectivity index (χ0) is 21.5. The lowest BCUT2D eigenvalue weighted by Crippen LogP contribution is -2.47. The van der Waals surface area contributed by atoms with E-state index >= 15 is 0 Å². The third-order valence-corrected chi connectivity index (χ3v) is 4.91. The third-order valence-electron chi connectivity index (χ3n) is 4.91. The highest BCUT2D eigenvalue weighted by atomic mass is 19.1. The molecule has 0 aliphatic carbocycles. The van der Waals surface area contributed by atoms with Gasteiger partial charge in [0.05, 0.1) is 17.4 Å². The Morgan fingerprint density at radius 2 is 1.71 bits per heavy atom. The number of carbonyl (C=O) groups is 1. The highest BCUT2D eigenvalue weighted by Crippen LogP contribution is 2.19. The number of halogens is 1. The molecule has 0 bridgehead atoms. The minimum atomic E-state index is -0.590. The van der Waals surface area contributed by atoms with Crippen molar-refractivity contribution in [3.63, 3.8) is 0 Å². The van der Waals surface area contributed by atoms with Crippen LogP contribution in [0.1, 0.15) is 10.4 Å². The summed E-state index contributed by atoms with van der Waals surface area (Å²) in [5.41, 5.74) is 0.973. The summed E-state index contributed by atoms with van der Waals surface area (Å²) < 4.78 is 17.2. The Hall–Kier alpha value is -3.75. The molecule has 3 aromatic heterocycles. The van der Waals surface area contributed by atoms with Crippen LogP contribution in [0.25, 0.3) is 0 Å². The maximum absolute atomic E-state index is 12.4. The molecule has 31 heavy (non-hydrogen) atoms. The molecule has 0 spiro atoms. The minimum absolute atomic E-state index is 0.0608. The van der Waals surface area contributed by atoms with Crippen molar-refractivity contribution in [1.29, 1.82) is 0 Å². The fourth-order valence-electron chi connectivity index (χ4n) is 3.30. The number of pyridine rings is 3. The van der Waals surface area contributed by atoms with Gasteiger partial charge in [0, 0.05) is 44.6 Å². The van der Waals surface area contributed by atoms with E-state index < -0.39 is 6.67 Å². The molecule has 1 fully saturated rings. The summed E-state index contributed by atoms with van der Waals surface area (Å²) in [6.07, 6.45) is 4.84.